The van der Waals surface area contributed by atoms with Crippen molar-refractivity contribution in [2.24, 2.45) is 0 Å². The fourth-order valence-electron chi connectivity index (χ4n) is 1.67. The quantitative estimate of drug-likeness (QED) is 0.828. The number of ether oxygens (including phenoxy) is 1. The Morgan fingerprint density at radius 2 is 2.33 bits per heavy atom. The van der Waals surface area contributed by atoms with Crippen LogP contribution in [0, 0.1) is 0 Å². The van der Waals surface area contributed by atoms with Crippen LogP contribution in [0.2, 0.25) is 5.02 Å². The number of hydrogen-bond acceptors (Lipinski definition) is 4. The van der Waals surface area contributed by atoms with Crippen LogP contribution in [0.3, 0.4) is 0 Å². The first-order chi connectivity index (χ1) is 8.66. The van der Waals surface area contributed by atoms with E-state index in [9.17, 15) is 9.90 Å². The van der Waals surface area contributed by atoms with Crippen LogP contribution in [-0.4, -0.2) is 23.9 Å². The molecule has 98 valence electrons. The Balaban J connectivity index is 1.92. The van der Waals surface area contributed by atoms with Crippen LogP contribution in [-0.2, 0) is 9.57 Å². The Morgan fingerprint density at radius 1 is 1.50 bits per heavy atom. The molecule has 0 spiro atoms. The van der Waals surface area contributed by atoms with E-state index in [-0.39, 0.29) is 11.3 Å². The van der Waals surface area contributed by atoms with Gasteiger partial charge in [0, 0.05) is 18.1 Å². The topological polar surface area (TPSA) is 67.8 Å². The molecule has 1 aromatic rings. The fourth-order valence-corrected chi connectivity index (χ4v) is 1.84. The fraction of sp³-hybridized carbons (Fsp3) is 0.417. The molecule has 18 heavy (non-hydrogen) atoms. The largest absolute Gasteiger partial charge is 0.507 e. The van der Waals surface area contributed by atoms with Gasteiger partial charge < -0.3 is 9.84 Å². The van der Waals surface area contributed by atoms with Gasteiger partial charge >= 0.3 is 0 Å². The first kappa shape index (κ1) is 13.1. The van der Waals surface area contributed by atoms with Crippen LogP contribution in [0.1, 0.15) is 29.6 Å². The lowest BCUT2D eigenvalue weighted by Gasteiger charge is -2.22. The molecule has 2 rings (SSSR count). The summed E-state index contributed by atoms with van der Waals surface area (Å²) in [6, 6.07) is 4.23. The molecule has 0 radical (unpaired) electrons. The van der Waals surface area contributed by atoms with Crippen LogP contribution in [0.5, 0.6) is 5.75 Å². The highest BCUT2D eigenvalue weighted by atomic mass is 35.5. The molecule has 1 atom stereocenters. The molecule has 1 saturated heterocycles. The van der Waals surface area contributed by atoms with Gasteiger partial charge in [-0.05, 0) is 31.0 Å². The molecule has 1 amide bonds. The van der Waals surface area contributed by atoms with E-state index in [2.05, 4.69) is 5.48 Å². The summed E-state index contributed by atoms with van der Waals surface area (Å²) in [6.45, 7) is 0.628. The van der Waals surface area contributed by atoms with Gasteiger partial charge in [0.05, 0.1) is 5.56 Å². The third-order valence-electron chi connectivity index (χ3n) is 2.62. The second-order valence-electron chi connectivity index (χ2n) is 4.01. The van der Waals surface area contributed by atoms with Crippen LogP contribution < -0.4 is 5.48 Å². The van der Waals surface area contributed by atoms with E-state index < -0.39 is 12.2 Å². The molecule has 1 aromatic carbocycles. The molecule has 0 bridgehead atoms. The van der Waals surface area contributed by atoms with Gasteiger partial charge in [0.2, 0.25) is 0 Å². The monoisotopic (exact) mass is 271 g/mol. The minimum Gasteiger partial charge on any atom is -0.507 e. The minimum absolute atomic E-state index is 0.0679. The van der Waals surface area contributed by atoms with Gasteiger partial charge in [-0.1, -0.05) is 11.6 Å². The van der Waals surface area contributed by atoms with E-state index in [0.717, 1.165) is 19.3 Å². The van der Waals surface area contributed by atoms with Crippen LogP contribution in [0.4, 0.5) is 0 Å². The van der Waals surface area contributed by atoms with Crippen molar-refractivity contribution in [3.8, 4) is 5.75 Å². The molecule has 5 nitrogen and oxygen atoms in total. The van der Waals surface area contributed by atoms with Crippen LogP contribution in [0.15, 0.2) is 18.2 Å². The van der Waals surface area contributed by atoms with Crippen molar-refractivity contribution in [2.75, 3.05) is 6.61 Å². The summed E-state index contributed by atoms with van der Waals surface area (Å²) in [4.78, 5) is 16.9. The number of amides is 1. The first-order valence-electron chi connectivity index (χ1n) is 5.73. The van der Waals surface area contributed by atoms with Gasteiger partial charge in [0.15, 0.2) is 6.29 Å². The smallest absolute Gasteiger partial charge is 0.278 e. The predicted molar refractivity (Wildman–Crippen MR) is 65.3 cm³/mol. The predicted octanol–water partition coefficient (Wildman–Crippen LogP) is 2.23. The molecular weight excluding hydrogens is 258 g/mol. The number of benzene rings is 1. The standard InChI is InChI=1S/C12H14ClNO4/c13-8-4-5-10(15)9(7-8)12(16)14-18-11-3-1-2-6-17-11/h4-5,7,11,15H,1-3,6H2,(H,14,16). The Kier molecular flexibility index (Phi) is 4.41. The van der Waals surface area contributed by atoms with Gasteiger partial charge in [-0.2, -0.15) is 0 Å². The van der Waals surface area contributed by atoms with Gasteiger partial charge in [-0.3, -0.25) is 4.79 Å². The third kappa shape index (κ3) is 3.35. The molecule has 1 aliphatic rings. The van der Waals surface area contributed by atoms with Crippen LogP contribution in [0.25, 0.3) is 0 Å². The van der Waals surface area contributed by atoms with Gasteiger partial charge in [-0.25, -0.2) is 10.3 Å². The summed E-state index contributed by atoms with van der Waals surface area (Å²) in [6.07, 6.45) is 2.32. The molecule has 1 fully saturated rings. The number of phenols is 1. The molecule has 1 unspecified atom stereocenters. The summed E-state index contributed by atoms with van der Waals surface area (Å²) in [5.41, 5.74) is 2.32. The number of nitrogens with one attached hydrogen (secondary N) is 1. The number of hydrogen-bond donors (Lipinski definition) is 2. The normalized spacial score (nSPS) is 19.5. The van der Waals surface area contributed by atoms with E-state index in [1.54, 1.807) is 0 Å². The highest BCUT2D eigenvalue weighted by Gasteiger charge is 2.17. The highest BCUT2D eigenvalue weighted by molar-refractivity contribution is 6.31. The maximum atomic E-state index is 11.8. The number of rotatable bonds is 3. The summed E-state index contributed by atoms with van der Waals surface area (Å²) in [7, 11) is 0. The Labute approximate surface area is 110 Å². The molecule has 1 heterocycles. The summed E-state index contributed by atoms with van der Waals surface area (Å²) < 4.78 is 5.29. The van der Waals surface area contributed by atoms with Gasteiger partial charge in [0.25, 0.3) is 5.91 Å². The number of halogens is 1. The molecule has 0 aromatic heterocycles. The molecule has 0 saturated carbocycles. The highest BCUT2D eigenvalue weighted by Crippen LogP contribution is 2.21. The van der Waals surface area contributed by atoms with Crippen molar-refractivity contribution >= 4 is 17.5 Å². The Bertz CT molecular complexity index is 432. The van der Waals surface area contributed by atoms with Crippen LogP contribution >= 0.6 is 11.6 Å². The summed E-state index contributed by atoms with van der Waals surface area (Å²) in [5, 5.41) is 9.90. The van der Waals surface area contributed by atoms with Crippen molar-refractivity contribution < 1.29 is 19.5 Å². The van der Waals surface area contributed by atoms with Crippen molar-refractivity contribution in [1.82, 2.24) is 5.48 Å². The Hall–Kier alpha value is -1.30. The first-order valence-corrected chi connectivity index (χ1v) is 6.11. The third-order valence-corrected chi connectivity index (χ3v) is 2.86. The zero-order valence-corrected chi connectivity index (χ0v) is 10.4. The van der Waals surface area contributed by atoms with E-state index in [4.69, 9.17) is 21.2 Å². The van der Waals surface area contributed by atoms with Gasteiger partial charge in [-0.15, -0.1) is 0 Å². The number of phenolic OH excluding ortho intramolecular Hbond substituents is 1. The molecule has 6 heteroatoms. The molecule has 1 aliphatic heterocycles. The summed E-state index contributed by atoms with van der Waals surface area (Å²) in [5.74, 6) is -0.700. The lowest BCUT2D eigenvalue weighted by molar-refractivity contribution is -0.186. The van der Waals surface area contributed by atoms with Crippen molar-refractivity contribution in [2.45, 2.75) is 25.6 Å². The average Bonchev–Trinajstić information content (AvgIpc) is 2.40. The maximum absolute atomic E-state index is 11.8. The average molecular weight is 272 g/mol. The second kappa shape index (κ2) is 6.04. The van der Waals surface area contributed by atoms with E-state index in [1.807, 2.05) is 0 Å². The number of carbonyl (C=O) groups excluding carboxylic acids is 1. The molecule has 2 N–H and O–H groups in total. The number of carbonyl (C=O) groups is 1. The van der Waals surface area contributed by atoms with E-state index >= 15 is 0 Å². The van der Waals surface area contributed by atoms with Gasteiger partial charge in [0.1, 0.15) is 5.75 Å². The van der Waals surface area contributed by atoms with Crippen molar-refractivity contribution in [1.29, 1.82) is 0 Å². The SMILES string of the molecule is O=C(NOC1CCCCO1)c1cc(Cl)ccc1O. The van der Waals surface area contributed by atoms with E-state index in [1.165, 1.54) is 18.2 Å². The van der Waals surface area contributed by atoms with Crippen molar-refractivity contribution in [3.63, 3.8) is 0 Å². The zero-order valence-electron chi connectivity index (χ0n) is 9.69. The lowest BCUT2D eigenvalue weighted by atomic mass is 10.2. The minimum atomic E-state index is -0.552. The second-order valence-corrected chi connectivity index (χ2v) is 4.44. The molecule has 0 aliphatic carbocycles. The Morgan fingerprint density at radius 3 is 3.06 bits per heavy atom. The zero-order chi connectivity index (χ0) is 13.0. The molecular formula is C12H14ClNO4. The maximum Gasteiger partial charge on any atom is 0.278 e. The number of hydroxylamine groups is 1. The van der Waals surface area contributed by atoms with Crippen molar-refractivity contribution in [3.05, 3.63) is 28.8 Å². The number of aromatic hydroxyl groups is 1. The van der Waals surface area contributed by atoms with E-state index in [0.29, 0.717) is 11.6 Å². The summed E-state index contributed by atoms with van der Waals surface area (Å²) >= 11 is 5.75. The lowest BCUT2D eigenvalue weighted by Crippen LogP contribution is -2.33.